The van der Waals surface area contributed by atoms with Gasteiger partial charge in [-0.2, -0.15) is 0 Å². The monoisotopic (exact) mass is 289 g/mol. The highest BCUT2D eigenvalue weighted by Gasteiger charge is 2.11. The third-order valence-electron chi connectivity index (χ3n) is 2.62. The molecule has 1 heterocycles. The van der Waals surface area contributed by atoms with Crippen molar-refractivity contribution in [3.8, 4) is 0 Å². The Morgan fingerprint density at radius 2 is 2.10 bits per heavy atom. The van der Waals surface area contributed by atoms with E-state index in [4.69, 9.17) is 9.52 Å². The SMILES string of the molecule is O=C(O)c1ccc2nc(Sc3cccc(F)c3)oc2c1. The van der Waals surface area contributed by atoms with Crippen molar-refractivity contribution in [1.29, 1.82) is 0 Å². The van der Waals surface area contributed by atoms with Crippen LogP contribution >= 0.6 is 11.8 Å². The molecule has 0 atom stereocenters. The molecule has 2 aromatic carbocycles. The van der Waals surface area contributed by atoms with Crippen molar-refractivity contribution < 1.29 is 18.7 Å². The van der Waals surface area contributed by atoms with E-state index < -0.39 is 5.97 Å². The lowest BCUT2D eigenvalue weighted by Crippen LogP contribution is -1.94. The van der Waals surface area contributed by atoms with Crippen molar-refractivity contribution in [2.75, 3.05) is 0 Å². The van der Waals surface area contributed by atoms with Crippen LogP contribution in [-0.2, 0) is 0 Å². The minimum Gasteiger partial charge on any atom is -0.478 e. The summed E-state index contributed by atoms with van der Waals surface area (Å²) in [6, 6.07) is 10.5. The standard InChI is InChI=1S/C14H8FNO3S/c15-9-2-1-3-10(7-9)20-14-16-11-5-4-8(13(17)18)6-12(11)19-14/h1-7H,(H,17,18). The average molecular weight is 289 g/mol. The number of carboxylic acid groups (broad SMARTS) is 1. The van der Waals surface area contributed by atoms with Crippen LogP contribution in [0.15, 0.2) is 57.0 Å². The average Bonchev–Trinajstić information content (AvgIpc) is 2.79. The largest absolute Gasteiger partial charge is 0.478 e. The number of carbonyl (C=O) groups is 1. The Morgan fingerprint density at radius 1 is 1.25 bits per heavy atom. The van der Waals surface area contributed by atoms with Gasteiger partial charge in [0.1, 0.15) is 11.3 Å². The molecule has 0 bridgehead atoms. The van der Waals surface area contributed by atoms with Crippen molar-refractivity contribution in [3.63, 3.8) is 0 Å². The number of benzene rings is 2. The maximum atomic E-state index is 13.1. The van der Waals surface area contributed by atoms with E-state index >= 15 is 0 Å². The summed E-state index contributed by atoms with van der Waals surface area (Å²) in [7, 11) is 0. The Hall–Kier alpha value is -2.34. The zero-order chi connectivity index (χ0) is 14.1. The van der Waals surface area contributed by atoms with Crippen LogP contribution in [0, 0.1) is 5.82 Å². The lowest BCUT2D eigenvalue weighted by molar-refractivity contribution is 0.0697. The lowest BCUT2D eigenvalue weighted by atomic mass is 10.2. The van der Waals surface area contributed by atoms with E-state index in [-0.39, 0.29) is 11.4 Å². The Labute approximate surface area is 117 Å². The zero-order valence-corrected chi connectivity index (χ0v) is 10.9. The van der Waals surface area contributed by atoms with Crippen molar-refractivity contribution in [1.82, 2.24) is 4.98 Å². The van der Waals surface area contributed by atoms with Gasteiger partial charge < -0.3 is 9.52 Å². The molecule has 3 aromatic rings. The first-order valence-corrected chi connectivity index (χ1v) is 6.51. The number of aromatic carboxylic acids is 1. The van der Waals surface area contributed by atoms with Crippen LogP contribution in [0.4, 0.5) is 4.39 Å². The third-order valence-corrected chi connectivity index (χ3v) is 3.46. The lowest BCUT2D eigenvalue weighted by Gasteiger charge is -1.95. The second-order valence-corrected chi connectivity index (χ2v) is 5.05. The summed E-state index contributed by atoms with van der Waals surface area (Å²) >= 11 is 1.18. The second-order valence-electron chi connectivity index (χ2n) is 4.03. The molecular weight excluding hydrogens is 281 g/mol. The minimum absolute atomic E-state index is 0.135. The van der Waals surface area contributed by atoms with E-state index in [2.05, 4.69) is 4.98 Å². The molecule has 100 valence electrons. The summed E-state index contributed by atoms with van der Waals surface area (Å²) in [5.41, 5.74) is 1.09. The molecule has 1 aromatic heterocycles. The second kappa shape index (κ2) is 4.97. The summed E-state index contributed by atoms with van der Waals surface area (Å²) in [4.78, 5) is 15.8. The fourth-order valence-electron chi connectivity index (χ4n) is 1.71. The number of halogens is 1. The number of carboxylic acids is 1. The third kappa shape index (κ3) is 2.50. The normalized spacial score (nSPS) is 10.8. The van der Waals surface area contributed by atoms with E-state index in [9.17, 15) is 9.18 Å². The zero-order valence-electron chi connectivity index (χ0n) is 10.0. The Kier molecular flexibility index (Phi) is 3.15. The predicted octanol–water partition coefficient (Wildman–Crippen LogP) is 3.82. The summed E-state index contributed by atoms with van der Waals surface area (Å²) in [6.07, 6.45) is 0. The number of hydrogen-bond acceptors (Lipinski definition) is 4. The van der Waals surface area contributed by atoms with Crippen LogP contribution in [0.25, 0.3) is 11.1 Å². The first-order valence-electron chi connectivity index (χ1n) is 5.69. The summed E-state index contributed by atoms with van der Waals surface area (Å²) in [5.74, 6) is -1.36. The summed E-state index contributed by atoms with van der Waals surface area (Å²) in [6.45, 7) is 0. The smallest absolute Gasteiger partial charge is 0.335 e. The molecule has 0 aliphatic heterocycles. The molecule has 20 heavy (non-hydrogen) atoms. The first kappa shape index (κ1) is 12.7. The molecule has 0 unspecified atom stereocenters. The molecule has 0 aliphatic rings. The minimum atomic E-state index is -1.03. The van der Waals surface area contributed by atoms with Gasteiger partial charge in [0.05, 0.1) is 5.56 Å². The van der Waals surface area contributed by atoms with Gasteiger partial charge in [-0.15, -0.1) is 0 Å². The molecule has 4 nitrogen and oxygen atoms in total. The Bertz CT molecular complexity index is 800. The molecule has 0 amide bonds. The van der Waals surface area contributed by atoms with Crippen LogP contribution in [0.1, 0.15) is 10.4 Å². The highest BCUT2D eigenvalue weighted by Crippen LogP contribution is 2.30. The highest BCUT2D eigenvalue weighted by atomic mass is 32.2. The van der Waals surface area contributed by atoms with E-state index in [1.54, 1.807) is 18.2 Å². The van der Waals surface area contributed by atoms with Gasteiger partial charge >= 0.3 is 5.97 Å². The van der Waals surface area contributed by atoms with Crippen LogP contribution in [0.2, 0.25) is 0 Å². The van der Waals surface area contributed by atoms with E-state index in [0.717, 1.165) is 0 Å². The van der Waals surface area contributed by atoms with Gasteiger partial charge in [0.2, 0.25) is 0 Å². The number of hydrogen-bond donors (Lipinski definition) is 1. The van der Waals surface area contributed by atoms with Crippen molar-refractivity contribution >= 4 is 28.8 Å². The van der Waals surface area contributed by atoms with Gasteiger partial charge in [-0.1, -0.05) is 6.07 Å². The summed E-state index contributed by atoms with van der Waals surface area (Å²) in [5, 5.41) is 9.25. The highest BCUT2D eigenvalue weighted by molar-refractivity contribution is 7.99. The van der Waals surface area contributed by atoms with E-state index in [1.807, 2.05) is 0 Å². The maximum Gasteiger partial charge on any atom is 0.335 e. The fraction of sp³-hybridized carbons (Fsp3) is 0. The van der Waals surface area contributed by atoms with Gasteiger partial charge in [0.15, 0.2) is 5.58 Å². The van der Waals surface area contributed by atoms with Crippen molar-refractivity contribution in [2.24, 2.45) is 0 Å². The van der Waals surface area contributed by atoms with Crippen molar-refractivity contribution in [3.05, 3.63) is 53.8 Å². The number of nitrogens with zero attached hydrogens (tertiary/aromatic N) is 1. The van der Waals surface area contributed by atoms with Crippen LogP contribution < -0.4 is 0 Å². The maximum absolute atomic E-state index is 13.1. The van der Waals surface area contributed by atoms with Crippen LogP contribution in [0.5, 0.6) is 0 Å². The van der Waals surface area contributed by atoms with Gasteiger partial charge in [0, 0.05) is 4.90 Å². The quantitative estimate of drug-likeness (QED) is 0.794. The van der Waals surface area contributed by atoms with Gasteiger partial charge in [-0.05, 0) is 48.2 Å². The Morgan fingerprint density at radius 3 is 2.85 bits per heavy atom. The Balaban J connectivity index is 1.95. The number of fused-ring (bicyclic) bond motifs is 1. The molecule has 0 fully saturated rings. The molecule has 0 saturated carbocycles. The number of oxazole rings is 1. The van der Waals surface area contributed by atoms with Gasteiger partial charge in [-0.25, -0.2) is 14.2 Å². The van der Waals surface area contributed by atoms with E-state index in [0.29, 0.717) is 21.2 Å². The topological polar surface area (TPSA) is 63.3 Å². The molecule has 0 saturated heterocycles. The van der Waals surface area contributed by atoms with Crippen molar-refractivity contribution in [2.45, 2.75) is 10.1 Å². The molecule has 0 radical (unpaired) electrons. The van der Waals surface area contributed by atoms with Gasteiger partial charge in [-0.3, -0.25) is 0 Å². The number of aromatic nitrogens is 1. The van der Waals surface area contributed by atoms with Crippen LogP contribution in [0.3, 0.4) is 0 Å². The molecule has 1 N–H and O–H groups in total. The van der Waals surface area contributed by atoms with E-state index in [1.165, 1.54) is 36.0 Å². The first-order chi connectivity index (χ1) is 9.61. The fourth-order valence-corrected chi connectivity index (χ4v) is 2.51. The molecule has 0 aliphatic carbocycles. The summed E-state index contributed by atoms with van der Waals surface area (Å²) < 4.78 is 18.6. The molecule has 3 rings (SSSR count). The predicted molar refractivity (Wildman–Crippen MR) is 71.5 cm³/mol. The van der Waals surface area contributed by atoms with Gasteiger partial charge in [0.25, 0.3) is 5.22 Å². The van der Waals surface area contributed by atoms with Crippen LogP contribution in [-0.4, -0.2) is 16.1 Å². The number of rotatable bonds is 3. The molecule has 0 spiro atoms. The molecular formula is C14H8FNO3S. The molecule has 6 heteroatoms.